The second-order valence-electron chi connectivity index (χ2n) is 4.18. The van der Waals surface area contributed by atoms with E-state index in [0.717, 1.165) is 6.42 Å². The van der Waals surface area contributed by atoms with Crippen LogP contribution in [-0.4, -0.2) is 55.0 Å². The summed E-state index contributed by atoms with van der Waals surface area (Å²) in [7, 11) is 0. The zero-order valence-corrected chi connectivity index (χ0v) is 10.7. The Balaban J connectivity index is 2.69. The van der Waals surface area contributed by atoms with Crippen LogP contribution >= 0.6 is 0 Å². The lowest BCUT2D eigenvalue weighted by atomic mass is 10.2. The third-order valence-electron chi connectivity index (χ3n) is 2.95. The lowest BCUT2D eigenvalue weighted by Crippen LogP contribution is -2.53. The number of esters is 1. The first-order valence-electron chi connectivity index (χ1n) is 6.13. The van der Waals surface area contributed by atoms with Gasteiger partial charge in [-0.05, 0) is 12.8 Å². The largest absolute Gasteiger partial charge is 0.460 e. The van der Waals surface area contributed by atoms with Crippen molar-refractivity contribution in [3.8, 4) is 0 Å². The number of nitrogens with one attached hydrogen (secondary N) is 1. The van der Waals surface area contributed by atoms with Gasteiger partial charge in [0.1, 0.15) is 18.7 Å². The fourth-order valence-corrected chi connectivity index (χ4v) is 2.04. The normalized spacial score (nSPS) is 19.6. The molecule has 0 unspecified atom stereocenters. The Morgan fingerprint density at radius 1 is 1.58 bits per heavy atom. The third-order valence-corrected chi connectivity index (χ3v) is 2.95. The van der Waals surface area contributed by atoms with Crippen molar-refractivity contribution in [2.75, 3.05) is 19.7 Å². The van der Waals surface area contributed by atoms with Crippen LogP contribution in [0, 0.1) is 0 Å². The molecule has 19 heavy (non-hydrogen) atoms. The van der Waals surface area contributed by atoms with Crippen LogP contribution in [-0.2, 0) is 19.1 Å². The minimum Gasteiger partial charge on any atom is -0.460 e. The Kier molecular flexibility index (Phi) is 6.01. The zero-order valence-electron chi connectivity index (χ0n) is 10.7. The highest BCUT2D eigenvalue weighted by molar-refractivity contribution is 5.89. The van der Waals surface area contributed by atoms with Crippen LogP contribution in [0.15, 0.2) is 12.7 Å². The summed E-state index contributed by atoms with van der Waals surface area (Å²) in [6.45, 7) is 4.02. The highest BCUT2D eigenvalue weighted by Gasteiger charge is 2.37. The van der Waals surface area contributed by atoms with Crippen LogP contribution in [0.1, 0.15) is 12.8 Å². The molecule has 1 fully saturated rings. The van der Waals surface area contributed by atoms with Crippen LogP contribution in [0.25, 0.3) is 0 Å². The van der Waals surface area contributed by atoms with E-state index in [1.807, 2.05) is 0 Å². The molecule has 0 spiro atoms. The van der Waals surface area contributed by atoms with Crippen molar-refractivity contribution in [1.29, 1.82) is 0 Å². The minimum absolute atomic E-state index is 0.0114. The third kappa shape index (κ3) is 3.78. The number of rotatable bonds is 7. The predicted octanol–water partition coefficient (Wildman–Crippen LogP) is -1.22. The number of likely N-dealkylation sites (tertiary alicyclic amines) is 1. The summed E-state index contributed by atoms with van der Waals surface area (Å²) in [5, 5.41) is 2.35. The molecule has 0 radical (unpaired) electrons. The number of nitrogens with two attached hydrogens (primary N) is 1. The number of carbonyl (C=O) groups excluding carboxylic acids is 3. The maximum Gasteiger partial charge on any atom is 0.329 e. The van der Waals surface area contributed by atoms with Gasteiger partial charge in [0.25, 0.3) is 0 Å². The first kappa shape index (κ1) is 15.2. The summed E-state index contributed by atoms with van der Waals surface area (Å²) in [5.41, 5.74) is 5.43. The van der Waals surface area contributed by atoms with Crippen LogP contribution in [0.3, 0.4) is 0 Å². The molecule has 0 bridgehead atoms. The Bertz CT molecular complexity index is 359. The SMILES string of the molecule is C=CCOC(=O)[C@@H]1CCCN1C(=O)[C@H](CN)NC=O. The highest BCUT2D eigenvalue weighted by atomic mass is 16.5. The number of hydrogen-bond donors (Lipinski definition) is 2. The van der Waals surface area contributed by atoms with Gasteiger partial charge >= 0.3 is 5.97 Å². The first-order chi connectivity index (χ1) is 9.15. The summed E-state index contributed by atoms with van der Waals surface area (Å²) >= 11 is 0. The smallest absolute Gasteiger partial charge is 0.329 e. The van der Waals surface area contributed by atoms with Gasteiger partial charge in [0.2, 0.25) is 12.3 Å². The maximum absolute atomic E-state index is 12.2. The van der Waals surface area contributed by atoms with Crippen molar-refractivity contribution in [2.24, 2.45) is 5.73 Å². The van der Waals surface area contributed by atoms with Crippen molar-refractivity contribution in [3.63, 3.8) is 0 Å². The van der Waals surface area contributed by atoms with Crippen molar-refractivity contribution >= 4 is 18.3 Å². The quantitative estimate of drug-likeness (QED) is 0.343. The van der Waals surface area contributed by atoms with Gasteiger partial charge in [0.05, 0.1) is 0 Å². The maximum atomic E-state index is 12.2. The summed E-state index contributed by atoms with van der Waals surface area (Å²) in [5.74, 6) is -0.805. The fourth-order valence-electron chi connectivity index (χ4n) is 2.04. The molecular formula is C12H19N3O4. The molecule has 106 valence electrons. The number of ether oxygens (including phenoxy) is 1. The van der Waals surface area contributed by atoms with Gasteiger partial charge in [-0.1, -0.05) is 12.7 Å². The Hall–Kier alpha value is -1.89. The molecule has 3 N–H and O–H groups in total. The summed E-state index contributed by atoms with van der Waals surface area (Å²) in [6, 6.07) is -1.40. The van der Waals surface area contributed by atoms with E-state index in [1.54, 1.807) is 0 Å². The number of hydrogen-bond acceptors (Lipinski definition) is 5. The number of amides is 2. The molecule has 0 aliphatic carbocycles. The first-order valence-corrected chi connectivity index (χ1v) is 6.13. The lowest BCUT2D eigenvalue weighted by molar-refractivity contribution is -0.153. The van der Waals surface area contributed by atoms with Crippen molar-refractivity contribution in [1.82, 2.24) is 10.2 Å². The molecule has 0 aromatic carbocycles. The van der Waals surface area contributed by atoms with Crippen molar-refractivity contribution in [3.05, 3.63) is 12.7 Å². The average molecular weight is 269 g/mol. The van der Waals surface area contributed by atoms with Gasteiger partial charge in [0.15, 0.2) is 0 Å². The Labute approximate surface area is 111 Å². The molecule has 0 aromatic rings. The molecule has 2 amide bonds. The Morgan fingerprint density at radius 3 is 2.89 bits per heavy atom. The molecule has 2 atom stereocenters. The molecule has 7 nitrogen and oxygen atoms in total. The zero-order chi connectivity index (χ0) is 14.3. The van der Waals surface area contributed by atoms with E-state index in [0.29, 0.717) is 19.4 Å². The van der Waals surface area contributed by atoms with Crippen LogP contribution in [0.2, 0.25) is 0 Å². The summed E-state index contributed by atoms with van der Waals surface area (Å²) in [6.07, 6.45) is 3.17. The molecule has 1 saturated heterocycles. The Morgan fingerprint density at radius 2 is 2.32 bits per heavy atom. The standard InChI is InChI=1S/C12H19N3O4/c1-2-6-19-12(18)10-4-3-5-15(10)11(17)9(7-13)14-8-16/h2,8-10H,1,3-7,13H2,(H,14,16)/t9-,10-/m0/s1. The summed E-state index contributed by atoms with van der Waals surface area (Å²) < 4.78 is 4.96. The molecule has 1 heterocycles. The van der Waals surface area contributed by atoms with Gasteiger partial charge in [-0.3, -0.25) is 9.59 Å². The molecule has 7 heteroatoms. The second kappa shape index (κ2) is 7.52. The van der Waals surface area contributed by atoms with Crippen LogP contribution in [0.4, 0.5) is 0 Å². The van der Waals surface area contributed by atoms with E-state index < -0.39 is 18.1 Å². The number of nitrogens with zero attached hydrogens (tertiary/aromatic N) is 1. The van der Waals surface area contributed by atoms with Gasteiger partial charge in [-0.15, -0.1) is 0 Å². The average Bonchev–Trinajstić information content (AvgIpc) is 2.90. The fraction of sp³-hybridized carbons (Fsp3) is 0.583. The topological polar surface area (TPSA) is 102 Å². The molecule has 0 saturated carbocycles. The van der Waals surface area contributed by atoms with Gasteiger partial charge in [-0.25, -0.2) is 4.79 Å². The van der Waals surface area contributed by atoms with E-state index in [2.05, 4.69) is 11.9 Å². The molecule has 1 aliphatic heterocycles. The lowest BCUT2D eigenvalue weighted by Gasteiger charge is -2.26. The van der Waals surface area contributed by atoms with Crippen molar-refractivity contribution in [2.45, 2.75) is 24.9 Å². The number of carbonyl (C=O) groups is 3. The van der Waals surface area contributed by atoms with Crippen LogP contribution < -0.4 is 11.1 Å². The molecule has 1 rings (SSSR count). The predicted molar refractivity (Wildman–Crippen MR) is 67.9 cm³/mol. The molecule has 1 aliphatic rings. The van der Waals surface area contributed by atoms with Gasteiger partial charge in [0, 0.05) is 13.1 Å². The van der Waals surface area contributed by atoms with E-state index in [4.69, 9.17) is 10.5 Å². The van der Waals surface area contributed by atoms with E-state index in [-0.39, 0.29) is 19.1 Å². The van der Waals surface area contributed by atoms with E-state index in [1.165, 1.54) is 11.0 Å². The van der Waals surface area contributed by atoms with E-state index in [9.17, 15) is 14.4 Å². The van der Waals surface area contributed by atoms with Gasteiger partial charge in [-0.2, -0.15) is 0 Å². The summed E-state index contributed by atoms with van der Waals surface area (Å²) in [4.78, 5) is 35.8. The second-order valence-corrected chi connectivity index (χ2v) is 4.18. The van der Waals surface area contributed by atoms with Gasteiger partial charge < -0.3 is 20.7 Å². The van der Waals surface area contributed by atoms with Crippen molar-refractivity contribution < 1.29 is 19.1 Å². The van der Waals surface area contributed by atoms with E-state index >= 15 is 0 Å². The minimum atomic E-state index is -0.801. The highest BCUT2D eigenvalue weighted by Crippen LogP contribution is 2.19. The monoisotopic (exact) mass is 269 g/mol. The molecular weight excluding hydrogens is 250 g/mol. The van der Waals surface area contributed by atoms with Crippen LogP contribution in [0.5, 0.6) is 0 Å². The molecule has 0 aromatic heterocycles.